The number of aromatic nitrogens is 3. The van der Waals surface area contributed by atoms with Crippen molar-refractivity contribution in [1.29, 1.82) is 0 Å². The first-order valence-electron chi connectivity index (χ1n) is 14.5. The molecule has 10 nitrogen and oxygen atoms in total. The third kappa shape index (κ3) is 8.32. The fraction of sp³-hybridized carbons (Fsp3) is 0.333. The summed E-state index contributed by atoms with van der Waals surface area (Å²) in [5, 5.41) is 30.2. The number of carboxylic acid groups (broad SMARTS) is 1. The molecule has 1 saturated heterocycles. The standard InChI is InChI=1S/C33H36N4O6S/c1-37-21-35-36-33(37)44-20-27-17-29(24-11-9-22(19-38)10-12-24)43-32(42-27)25-15-13-23(14-16-25)28-6-3-2-5-26(28)18-34-30(39)7-4-8-31(40)41/h2-3,5-6,9-16,21,27,29,32,38H,4,7-8,17-20H2,1H3,(H,34,39)(H,40,41)/t27-,29+,32+/m0/s1. The Bertz CT molecular complexity index is 1540. The number of aliphatic hydroxyl groups excluding tert-OH is 1. The maximum atomic E-state index is 12.2. The third-order valence-electron chi connectivity index (χ3n) is 7.46. The molecule has 1 fully saturated rings. The fourth-order valence-corrected chi connectivity index (χ4v) is 5.96. The largest absolute Gasteiger partial charge is 0.481 e. The van der Waals surface area contributed by atoms with Crippen molar-refractivity contribution < 1.29 is 29.3 Å². The Morgan fingerprint density at radius 1 is 1.00 bits per heavy atom. The average molecular weight is 617 g/mol. The number of nitrogens with zero attached hydrogens (tertiary/aromatic N) is 3. The molecule has 1 aromatic heterocycles. The summed E-state index contributed by atoms with van der Waals surface area (Å²) in [7, 11) is 1.91. The SMILES string of the molecule is Cn1cnnc1SC[C@@H]1C[C@H](c2ccc(CO)cc2)O[C@H](c2ccc(-c3ccccc3CNC(=O)CCCC(=O)O)cc2)O1. The highest BCUT2D eigenvalue weighted by Gasteiger charge is 2.32. The van der Waals surface area contributed by atoms with Gasteiger partial charge in [0.05, 0.1) is 18.8 Å². The molecule has 44 heavy (non-hydrogen) atoms. The van der Waals surface area contributed by atoms with E-state index < -0.39 is 12.3 Å². The van der Waals surface area contributed by atoms with Crippen LogP contribution in [0.15, 0.2) is 84.3 Å². The lowest BCUT2D eigenvalue weighted by Crippen LogP contribution is -2.31. The lowest BCUT2D eigenvalue weighted by Gasteiger charge is -2.36. The molecular weight excluding hydrogens is 580 g/mol. The molecule has 3 aromatic carbocycles. The van der Waals surface area contributed by atoms with Crippen LogP contribution in [-0.2, 0) is 39.3 Å². The van der Waals surface area contributed by atoms with Crippen molar-refractivity contribution >= 4 is 23.6 Å². The van der Waals surface area contributed by atoms with Gasteiger partial charge in [0.1, 0.15) is 6.33 Å². The van der Waals surface area contributed by atoms with E-state index >= 15 is 0 Å². The third-order valence-corrected chi connectivity index (χ3v) is 8.63. The van der Waals surface area contributed by atoms with Gasteiger partial charge >= 0.3 is 5.97 Å². The number of benzene rings is 3. The topological polar surface area (TPSA) is 136 Å². The first-order valence-corrected chi connectivity index (χ1v) is 15.5. The van der Waals surface area contributed by atoms with Crippen LogP contribution in [0.4, 0.5) is 0 Å². The number of carboxylic acids is 1. The van der Waals surface area contributed by atoms with Crippen LogP contribution in [0.25, 0.3) is 11.1 Å². The molecule has 1 aliphatic heterocycles. The summed E-state index contributed by atoms with van der Waals surface area (Å²) < 4.78 is 14.8. The zero-order valence-corrected chi connectivity index (χ0v) is 25.3. The number of ether oxygens (including phenoxy) is 2. The number of thioether (sulfide) groups is 1. The molecule has 0 saturated carbocycles. The molecular formula is C33H36N4O6S. The zero-order chi connectivity index (χ0) is 30.9. The Balaban J connectivity index is 1.29. The highest BCUT2D eigenvalue weighted by molar-refractivity contribution is 7.99. The van der Waals surface area contributed by atoms with Crippen LogP contribution in [0.5, 0.6) is 0 Å². The van der Waals surface area contributed by atoms with Crippen molar-refractivity contribution in [3.8, 4) is 11.1 Å². The predicted molar refractivity (Wildman–Crippen MR) is 165 cm³/mol. The van der Waals surface area contributed by atoms with Crippen LogP contribution in [0, 0.1) is 0 Å². The monoisotopic (exact) mass is 616 g/mol. The van der Waals surface area contributed by atoms with Gasteiger partial charge < -0.3 is 29.6 Å². The van der Waals surface area contributed by atoms with Crippen molar-refractivity contribution in [3.05, 3.63) is 101 Å². The number of aliphatic hydroxyl groups is 1. The second-order valence-corrected chi connectivity index (χ2v) is 11.7. The molecule has 0 radical (unpaired) electrons. The Kier molecular flexibility index (Phi) is 10.8. The van der Waals surface area contributed by atoms with Gasteiger partial charge in [0.2, 0.25) is 5.91 Å². The second-order valence-electron chi connectivity index (χ2n) is 10.7. The second kappa shape index (κ2) is 15.1. The quantitative estimate of drug-likeness (QED) is 0.174. The lowest BCUT2D eigenvalue weighted by molar-refractivity contribution is -0.245. The summed E-state index contributed by atoms with van der Waals surface area (Å²) in [4.78, 5) is 23.0. The number of aryl methyl sites for hydroxylation is 1. The normalized spacial score (nSPS) is 18.2. The van der Waals surface area contributed by atoms with Crippen molar-refractivity contribution in [2.24, 2.45) is 7.05 Å². The Hall–Kier alpha value is -4.03. The number of carbonyl (C=O) groups excluding carboxylic acids is 1. The van der Waals surface area contributed by atoms with E-state index in [0.29, 0.717) is 25.1 Å². The van der Waals surface area contributed by atoms with Crippen LogP contribution in [0.2, 0.25) is 0 Å². The molecule has 3 N–H and O–H groups in total. The summed E-state index contributed by atoms with van der Waals surface area (Å²) in [6, 6.07) is 23.8. The van der Waals surface area contributed by atoms with E-state index in [1.165, 1.54) is 0 Å². The smallest absolute Gasteiger partial charge is 0.303 e. The molecule has 0 aliphatic carbocycles. The van der Waals surface area contributed by atoms with Gasteiger partial charge in [-0.15, -0.1) is 10.2 Å². The van der Waals surface area contributed by atoms with Gasteiger partial charge in [0, 0.05) is 44.2 Å². The average Bonchev–Trinajstić information content (AvgIpc) is 3.47. The molecule has 5 rings (SSSR count). The maximum Gasteiger partial charge on any atom is 0.303 e. The summed E-state index contributed by atoms with van der Waals surface area (Å²) in [5.41, 5.74) is 5.72. The summed E-state index contributed by atoms with van der Waals surface area (Å²) in [5.74, 6) is -0.389. The molecule has 0 spiro atoms. The van der Waals surface area contributed by atoms with E-state index in [2.05, 4.69) is 15.5 Å². The number of nitrogens with one attached hydrogen (secondary N) is 1. The van der Waals surface area contributed by atoms with Crippen molar-refractivity contribution in [2.75, 3.05) is 5.75 Å². The van der Waals surface area contributed by atoms with E-state index in [4.69, 9.17) is 14.6 Å². The zero-order valence-electron chi connectivity index (χ0n) is 24.5. The molecule has 0 unspecified atom stereocenters. The molecule has 11 heteroatoms. The minimum atomic E-state index is -0.904. The number of hydrogen-bond acceptors (Lipinski definition) is 8. The Labute approximate surface area is 260 Å². The highest BCUT2D eigenvalue weighted by Crippen LogP contribution is 2.39. The predicted octanol–water partition coefficient (Wildman–Crippen LogP) is 5.18. The number of rotatable bonds is 13. The molecule has 3 atom stereocenters. The summed E-state index contributed by atoms with van der Waals surface area (Å²) >= 11 is 1.59. The van der Waals surface area contributed by atoms with Crippen LogP contribution in [-0.4, -0.2) is 48.7 Å². The minimum absolute atomic E-state index is 0.0108. The first-order chi connectivity index (χ1) is 21.4. The number of carbonyl (C=O) groups is 2. The first kappa shape index (κ1) is 31.4. The Morgan fingerprint density at radius 2 is 1.75 bits per heavy atom. The minimum Gasteiger partial charge on any atom is -0.481 e. The van der Waals surface area contributed by atoms with E-state index in [1.54, 1.807) is 18.1 Å². The van der Waals surface area contributed by atoms with E-state index in [0.717, 1.165) is 38.5 Å². The number of aliphatic carboxylic acids is 1. The van der Waals surface area contributed by atoms with Crippen LogP contribution < -0.4 is 5.32 Å². The number of hydrogen-bond donors (Lipinski definition) is 3. The molecule has 230 valence electrons. The van der Waals surface area contributed by atoms with Gasteiger partial charge in [-0.05, 0) is 34.2 Å². The van der Waals surface area contributed by atoms with Gasteiger partial charge in [0.15, 0.2) is 11.4 Å². The van der Waals surface area contributed by atoms with Crippen LogP contribution in [0.1, 0.15) is 60.3 Å². The maximum absolute atomic E-state index is 12.2. The summed E-state index contributed by atoms with van der Waals surface area (Å²) in [6.45, 7) is 0.337. The summed E-state index contributed by atoms with van der Waals surface area (Å²) in [6.07, 6.45) is 1.95. The molecule has 4 aromatic rings. The van der Waals surface area contributed by atoms with E-state index in [1.807, 2.05) is 84.4 Å². The van der Waals surface area contributed by atoms with Crippen LogP contribution in [0.3, 0.4) is 0 Å². The van der Waals surface area contributed by atoms with Crippen molar-refractivity contribution in [2.45, 2.75) is 62.5 Å². The molecule has 1 aliphatic rings. The van der Waals surface area contributed by atoms with Gasteiger partial charge in [0.25, 0.3) is 0 Å². The Morgan fingerprint density at radius 3 is 2.45 bits per heavy atom. The molecule has 1 amide bonds. The van der Waals surface area contributed by atoms with E-state index in [9.17, 15) is 14.7 Å². The van der Waals surface area contributed by atoms with Gasteiger partial charge in [-0.1, -0.05) is 84.6 Å². The fourth-order valence-electron chi connectivity index (χ4n) is 5.05. The van der Waals surface area contributed by atoms with Crippen LogP contribution >= 0.6 is 11.8 Å². The lowest BCUT2D eigenvalue weighted by atomic mass is 9.97. The van der Waals surface area contributed by atoms with Crippen molar-refractivity contribution in [3.63, 3.8) is 0 Å². The highest BCUT2D eigenvalue weighted by atomic mass is 32.2. The molecule has 2 heterocycles. The van der Waals surface area contributed by atoms with Gasteiger partial charge in [-0.3, -0.25) is 9.59 Å². The van der Waals surface area contributed by atoms with Crippen molar-refractivity contribution in [1.82, 2.24) is 20.1 Å². The van der Waals surface area contributed by atoms with E-state index in [-0.39, 0.29) is 37.6 Å². The van der Waals surface area contributed by atoms with Gasteiger partial charge in [-0.2, -0.15) is 0 Å². The van der Waals surface area contributed by atoms with Gasteiger partial charge in [-0.25, -0.2) is 0 Å². The number of amides is 1. The molecule has 0 bridgehead atoms.